The van der Waals surface area contributed by atoms with Gasteiger partial charge in [-0.05, 0) is 43.0 Å². The largest absolute Gasteiger partial charge is 0.493 e. The number of halogens is 1. The van der Waals surface area contributed by atoms with Crippen LogP contribution in [0, 0.1) is 5.92 Å². The van der Waals surface area contributed by atoms with Crippen molar-refractivity contribution in [2.24, 2.45) is 11.7 Å². The molecule has 2 N–H and O–H groups in total. The Morgan fingerprint density at radius 2 is 2.06 bits per heavy atom. The van der Waals surface area contributed by atoms with Crippen LogP contribution in [0.25, 0.3) is 0 Å². The van der Waals surface area contributed by atoms with Crippen molar-refractivity contribution in [2.45, 2.75) is 39.7 Å². The molecule has 17 heavy (non-hydrogen) atoms. The molecule has 0 spiro atoms. The summed E-state index contributed by atoms with van der Waals surface area (Å²) in [7, 11) is 0. The fourth-order valence-corrected chi connectivity index (χ4v) is 1.74. The summed E-state index contributed by atoms with van der Waals surface area (Å²) < 4.78 is 5.83. The first-order valence-electron chi connectivity index (χ1n) is 6.19. The van der Waals surface area contributed by atoms with Gasteiger partial charge in [0.05, 0.1) is 6.61 Å². The molecule has 0 radical (unpaired) electrons. The second-order valence-corrected chi connectivity index (χ2v) is 5.19. The Morgan fingerprint density at radius 3 is 2.65 bits per heavy atom. The lowest BCUT2D eigenvalue weighted by Gasteiger charge is -2.15. The molecule has 0 bridgehead atoms. The predicted octanol–water partition coefficient (Wildman–Crippen LogP) is 3.65. The SMILES string of the molecule is CCC(C)COc1ccc(Cl)cc1CC(C)N. The zero-order chi connectivity index (χ0) is 12.8. The molecule has 2 nitrogen and oxygen atoms in total. The lowest BCUT2D eigenvalue weighted by Crippen LogP contribution is -2.18. The molecule has 3 heteroatoms. The van der Waals surface area contributed by atoms with Gasteiger partial charge in [0.25, 0.3) is 0 Å². The van der Waals surface area contributed by atoms with Crippen LogP contribution >= 0.6 is 11.6 Å². The molecule has 1 aromatic rings. The first-order chi connectivity index (χ1) is 8.02. The molecule has 96 valence electrons. The van der Waals surface area contributed by atoms with Crippen LogP contribution in [-0.2, 0) is 6.42 Å². The predicted molar refractivity (Wildman–Crippen MR) is 73.8 cm³/mol. The quantitative estimate of drug-likeness (QED) is 0.842. The first-order valence-corrected chi connectivity index (χ1v) is 6.57. The Labute approximate surface area is 109 Å². The van der Waals surface area contributed by atoms with Gasteiger partial charge in [0.2, 0.25) is 0 Å². The highest BCUT2D eigenvalue weighted by Crippen LogP contribution is 2.24. The van der Waals surface area contributed by atoms with E-state index in [9.17, 15) is 0 Å². The van der Waals surface area contributed by atoms with E-state index in [-0.39, 0.29) is 6.04 Å². The van der Waals surface area contributed by atoms with Crippen molar-refractivity contribution in [2.75, 3.05) is 6.61 Å². The van der Waals surface area contributed by atoms with Gasteiger partial charge in [-0.1, -0.05) is 31.9 Å². The van der Waals surface area contributed by atoms with Gasteiger partial charge >= 0.3 is 0 Å². The second kappa shape index (κ2) is 6.87. The molecule has 1 aromatic carbocycles. The zero-order valence-corrected chi connectivity index (χ0v) is 11.6. The van der Waals surface area contributed by atoms with Crippen LogP contribution in [0.1, 0.15) is 32.8 Å². The molecule has 0 heterocycles. The van der Waals surface area contributed by atoms with Crippen LogP contribution in [0.2, 0.25) is 5.02 Å². The van der Waals surface area contributed by atoms with Crippen LogP contribution < -0.4 is 10.5 Å². The van der Waals surface area contributed by atoms with Crippen molar-refractivity contribution >= 4 is 11.6 Å². The third kappa shape index (κ3) is 4.97. The minimum absolute atomic E-state index is 0.111. The van der Waals surface area contributed by atoms with Crippen molar-refractivity contribution < 1.29 is 4.74 Å². The zero-order valence-electron chi connectivity index (χ0n) is 10.9. The van der Waals surface area contributed by atoms with Crippen molar-refractivity contribution in [3.05, 3.63) is 28.8 Å². The van der Waals surface area contributed by atoms with E-state index in [1.165, 1.54) is 0 Å². The highest BCUT2D eigenvalue weighted by molar-refractivity contribution is 6.30. The number of hydrogen-bond acceptors (Lipinski definition) is 2. The molecule has 0 amide bonds. The Hall–Kier alpha value is -0.730. The van der Waals surface area contributed by atoms with E-state index in [0.29, 0.717) is 5.92 Å². The first kappa shape index (κ1) is 14.3. The summed E-state index contributed by atoms with van der Waals surface area (Å²) in [5, 5.41) is 0.733. The van der Waals surface area contributed by atoms with Gasteiger partial charge in [-0.25, -0.2) is 0 Å². The summed E-state index contributed by atoms with van der Waals surface area (Å²) in [5.41, 5.74) is 6.92. The third-order valence-electron chi connectivity index (χ3n) is 2.78. The van der Waals surface area contributed by atoms with Gasteiger partial charge in [0, 0.05) is 11.1 Å². The van der Waals surface area contributed by atoms with E-state index in [1.54, 1.807) is 0 Å². The highest BCUT2D eigenvalue weighted by Gasteiger charge is 2.08. The van der Waals surface area contributed by atoms with E-state index in [4.69, 9.17) is 22.1 Å². The summed E-state index contributed by atoms with van der Waals surface area (Å²) in [6.07, 6.45) is 1.91. The van der Waals surface area contributed by atoms with E-state index in [1.807, 2.05) is 25.1 Å². The molecular weight excluding hydrogens is 234 g/mol. The molecule has 0 aliphatic rings. The molecule has 0 aromatic heterocycles. The van der Waals surface area contributed by atoms with E-state index in [0.717, 1.165) is 35.8 Å². The molecule has 0 aliphatic heterocycles. The van der Waals surface area contributed by atoms with E-state index in [2.05, 4.69) is 13.8 Å². The van der Waals surface area contributed by atoms with E-state index >= 15 is 0 Å². The van der Waals surface area contributed by atoms with Gasteiger partial charge in [-0.2, -0.15) is 0 Å². The average Bonchev–Trinajstić information content (AvgIpc) is 2.26. The van der Waals surface area contributed by atoms with Gasteiger partial charge < -0.3 is 10.5 Å². The van der Waals surface area contributed by atoms with Gasteiger partial charge in [-0.15, -0.1) is 0 Å². The Kier molecular flexibility index (Phi) is 5.79. The summed E-state index contributed by atoms with van der Waals surface area (Å²) in [6.45, 7) is 7.07. The van der Waals surface area contributed by atoms with Crippen LogP contribution in [0.5, 0.6) is 5.75 Å². The minimum Gasteiger partial charge on any atom is -0.493 e. The molecular formula is C14H22ClNO. The van der Waals surface area contributed by atoms with Crippen LogP contribution in [0.4, 0.5) is 0 Å². The molecule has 0 saturated heterocycles. The van der Waals surface area contributed by atoms with Crippen molar-refractivity contribution in [3.8, 4) is 5.75 Å². The number of nitrogens with two attached hydrogens (primary N) is 1. The highest BCUT2D eigenvalue weighted by atomic mass is 35.5. The maximum Gasteiger partial charge on any atom is 0.122 e. The molecule has 2 atom stereocenters. The standard InChI is InChI=1S/C14H22ClNO/c1-4-10(2)9-17-14-6-5-13(15)8-12(14)7-11(3)16/h5-6,8,10-11H,4,7,9,16H2,1-3H3. The molecule has 0 fully saturated rings. The van der Waals surface area contributed by atoms with Crippen molar-refractivity contribution in [1.29, 1.82) is 0 Å². The van der Waals surface area contributed by atoms with Gasteiger partial charge in [-0.3, -0.25) is 0 Å². The number of ether oxygens (including phenoxy) is 1. The minimum atomic E-state index is 0.111. The normalized spacial score (nSPS) is 14.4. The van der Waals surface area contributed by atoms with Gasteiger partial charge in [0.15, 0.2) is 0 Å². The average molecular weight is 256 g/mol. The topological polar surface area (TPSA) is 35.2 Å². The Morgan fingerprint density at radius 1 is 1.35 bits per heavy atom. The Balaban J connectivity index is 2.75. The van der Waals surface area contributed by atoms with Crippen LogP contribution in [0.15, 0.2) is 18.2 Å². The monoisotopic (exact) mass is 255 g/mol. The second-order valence-electron chi connectivity index (χ2n) is 4.76. The fraction of sp³-hybridized carbons (Fsp3) is 0.571. The fourth-order valence-electron chi connectivity index (χ4n) is 1.55. The molecule has 0 aliphatic carbocycles. The summed E-state index contributed by atoms with van der Waals surface area (Å²) in [5.74, 6) is 1.47. The summed E-state index contributed by atoms with van der Waals surface area (Å²) in [6, 6.07) is 5.84. The van der Waals surface area contributed by atoms with Crippen LogP contribution in [-0.4, -0.2) is 12.6 Å². The van der Waals surface area contributed by atoms with E-state index < -0.39 is 0 Å². The van der Waals surface area contributed by atoms with Gasteiger partial charge in [0.1, 0.15) is 5.75 Å². The van der Waals surface area contributed by atoms with Crippen LogP contribution in [0.3, 0.4) is 0 Å². The smallest absolute Gasteiger partial charge is 0.122 e. The summed E-state index contributed by atoms with van der Waals surface area (Å²) >= 11 is 5.99. The molecule has 2 unspecified atom stereocenters. The summed E-state index contributed by atoms with van der Waals surface area (Å²) in [4.78, 5) is 0. The lowest BCUT2D eigenvalue weighted by molar-refractivity contribution is 0.254. The number of rotatable bonds is 6. The lowest BCUT2D eigenvalue weighted by atomic mass is 10.1. The Bertz CT molecular complexity index is 352. The van der Waals surface area contributed by atoms with Crippen molar-refractivity contribution in [3.63, 3.8) is 0 Å². The number of benzene rings is 1. The number of hydrogen-bond donors (Lipinski definition) is 1. The van der Waals surface area contributed by atoms with Crippen molar-refractivity contribution in [1.82, 2.24) is 0 Å². The maximum absolute atomic E-state index is 5.99. The maximum atomic E-state index is 5.99. The third-order valence-corrected chi connectivity index (χ3v) is 3.02. The molecule has 1 rings (SSSR count). The molecule has 0 saturated carbocycles.